The van der Waals surface area contributed by atoms with Gasteiger partial charge in [0.15, 0.2) is 17.3 Å². The van der Waals surface area contributed by atoms with E-state index in [-0.39, 0.29) is 82.6 Å². The second kappa shape index (κ2) is 17.8. The van der Waals surface area contributed by atoms with E-state index >= 15 is 0 Å². The summed E-state index contributed by atoms with van der Waals surface area (Å²) in [6.07, 6.45) is 0.129. The summed E-state index contributed by atoms with van der Waals surface area (Å²) in [5, 5.41) is 24.4. The number of hydrogen-bond acceptors (Lipinski definition) is 11. The smallest absolute Gasteiger partial charge is 0.435 e. The number of nitrogens with one attached hydrogen (secondary N) is 3. The van der Waals surface area contributed by atoms with Gasteiger partial charge in [-0.3, -0.25) is 14.4 Å². The van der Waals surface area contributed by atoms with Gasteiger partial charge in [0.25, 0.3) is 11.8 Å². The van der Waals surface area contributed by atoms with Crippen LogP contribution in [0.3, 0.4) is 0 Å². The molecule has 3 aliphatic rings. The molecule has 21 heteroatoms. The predicted octanol–water partition coefficient (Wildman–Crippen LogP) is 1.83. The summed E-state index contributed by atoms with van der Waals surface area (Å²) in [6, 6.07) is 7.40. The van der Waals surface area contributed by atoms with Crippen molar-refractivity contribution in [2.45, 2.75) is 32.0 Å². The van der Waals surface area contributed by atoms with Crippen molar-refractivity contribution in [2.24, 2.45) is 24.6 Å². The van der Waals surface area contributed by atoms with E-state index in [4.69, 9.17) is 17.3 Å². The zero-order valence-electron chi connectivity index (χ0n) is 33.8. The lowest BCUT2D eigenvalue weighted by Crippen LogP contribution is -2.63. The highest BCUT2D eigenvalue weighted by Gasteiger charge is 2.42. The molecule has 0 radical (unpaired) electrons. The van der Waals surface area contributed by atoms with Crippen LogP contribution in [-0.4, -0.2) is 140 Å². The van der Waals surface area contributed by atoms with Crippen LogP contribution in [-0.2, 0) is 22.8 Å². The van der Waals surface area contributed by atoms with Crippen LogP contribution in [0, 0.1) is 11.8 Å². The number of carboxylic acids is 1. The highest BCUT2D eigenvalue weighted by Crippen LogP contribution is 2.37. The number of hydrogen-bond donors (Lipinski definition) is 4. The van der Waals surface area contributed by atoms with E-state index in [2.05, 4.69) is 31.0 Å². The van der Waals surface area contributed by atoms with Crippen LogP contribution in [0.5, 0.6) is 0 Å². The average molecular weight is 869 g/mol. The van der Waals surface area contributed by atoms with E-state index in [9.17, 15) is 37.5 Å². The monoisotopic (exact) mass is 868 g/mol. The first-order valence-corrected chi connectivity index (χ1v) is 20.5. The van der Waals surface area contributed by atoms with Crippen molar-refractivity contribution in [1.29, 1.82) is 0 Å². The van der Waals surface area contributed by atoms with Crippen molar-refractivity contribution in [3.05, 3.63) is 71.0 Å². The number of quaternary nitrogens is 1. The number of rotatable bonds is 13. The number of alkyl halides is 3. The van der Waals surface area contributed by atoms with Gasteiger partial charge in [0.2, 0.25) is 5.91 Å². The molecule has 6 heterocycles. The zero-order valence-corrected chi connectivity index (χ0v) is 34.5. The Balaban J connectivity index is 0.953. The van der Waals surface area contributed by atoms with Gasteiger partial charge in [-0.1, -0.05) is 11.6 Å². The van der Waals surface area contributed by atoms with Crippen LogP contribution in [0.15, 0.2) is 48.9 Å². The molecule has 0 unspecified atom stereocenters. The quantitative estimate of drug-likeness (QED) is 0.143. The zero-order chi connectivity index (χ0) is 43.6. The number of aromatic nitrogens is 5. The van der Waals surface area contributed by atoms with Gasteiger partial charge in [-0.15, -0.1) is 0 Å². The van der Waals surface area contributed by atoms with Crippen molar-refractivity contribution in [3.8, 4) is 17.1 Å². The number of carbonyl (C=O) groups excluding carboxylic acids is 4. The molecule has 3 amide bonds. The first-order chi connectivity index (χ1) is 29.0. The van der Waals surface area contributed by atoms with Gasteiger partial charge in [0.1, 0.15) is 6.54 Å². The summed E-state index contributed by atoms with van der Waals surface area (Å²) in [6.45, 7) is 7.23. The Bertz CT molecular complexity index is 2260. The number of nitrogens with zero attached hydrogens (tertiary/aromatic N) is 8. The third-order valence-corrected chi connectivity index (χ3v) is 11.9. The molecular formula is C40H48ClF3N12O5. The highest BCUT2D eigenvalue weighted by atomic mass is 35.5. The summed E-state index contributed by atoms with van der Waals surface area (Å²) in [5.41, 5.74) is 5.28. The molecule has 0 saturated carbocycles. The molecule has 5 N–H and O–H groups in total. The Hall–Kier alpha value is -5.57. The summed E-state index contributed by atoms with van der Waals surface area (Å²) in [7, 11) is 1.40. The lowest BCUT2D eigenvalue weighted by molar-refractivity contribution is -0.931. The molecule has 3 aliphatic heterocycles. The van der Waals surface area contributed by atoms with Gasteiger partial charge in [0, 0.05) is 95.5 Å². The van der Waals surface area contributed by atoms with Crippen LogP contribution in [0.1, 0.15) is 46.4 Å². The number of piperidine rings is 1. The molecule has 3 saturated heterocycles. The molecule has 3 aromatic heterocycles. The third-order valence-electron chi connectivity index (χ3n) is 11.6. The predicted molar refractivity (Wildman–Crippen MR) is 216 cm³/mol. The molecule has 4 aromatic rings. The largest absolute Gasteiger partial charge is 0.544 e. The van der Waals surface area contributed by atoms with Crippen LogP contribution in [0.2, 0.25) is 5.02 Å². The second-order valence-electron chi connectivity index (χ2n) is 16.2. The number of halogens is 4. The minimum atomic E-state index is -4.84. The van der Waals surface area contributed by atoms with Crippen LogP contribution < -0.4 is 26.8 Å². The first kappa shape index (κ1) is 43.5. The molecule has 7 rings (SSSR count). The summed E-state index contributed by atoms with van der Waals surface area (Å²) in [4.78, 5) is 63.7. The fourth-order valence-corrected chi connectivity index (χ4v) is 8.50. The molecule has 0 bridgehead atoms. The molecule has 326 valence electrons. The van der Waals surface area contributed by atoms with E-state index in [0.29, 0.717) is 61.7 Å². The Labute approximate surface area is 354 Å². The first-order valence-electron chi connectivity index (χ1n) is 20.1. The lowest BCUT2D eigenvalue weighted by Gasteiger charge is -2.47. The average Bonchev–Trinajstić information content (AvgIpc) is 3.83. The van der Waals surface area contributed by atoms with Crippen LogP contribution in [0.4, 0.5) is 24.5 Å². The van der Waals surface area contributed by atoms with Crippen LogP contribution in [0.25, 0.3) is 17.1 Å². The van der Waals surface area contributed by atoms with E-state index < -0.39 is 23.7 Å². The summed E-state index contributed by atoms with van der Waals surface area (Å²) >= 11 is 6.56. The van der Waals surface area contributed by atoms with Gasteiger partial charge >= 0.3 is 6.18 Å². The van der Waals surface area contributed by atoms with Crippen molar-refractivity contribution < 1.29 is 41.9 Å². The maximum atomic E-state index is 14.2. The number of imidazole rings is 1. The molecule has 1 aromatic carbocycles. The maximum Gasteiger partial charge on any atom is 0.435 e. The number of pyridine rings is 1. The normalized spacial score (nSPS) is 20.2. The van der Waals surface area contributed by atoms with Gasteiger partial charge in [-0.25, -0.2) is 14.6 Å². The number of nitrogens with two attached hydrogens (primary N) is 1. The SMILES string of the molecule is C[C@H](N)CNc1ccc(-n2cc(-c3cnc(C(=O)Nc4ccc(C(=O)N5CCN(C(=O)C6CC[N+](CC(=O)[O-])(CC7CNC7)CC6)CC5)c(Cl)c4)n3C)c(C(F)(F)F)n2)nc1. The van der Waals surface area contributed by atoms with Gasteiger partial charge in [-0.2, -0.15) is 18.3 Å². The Morgan fingerprint density at radius 1 is 1.02 bits per heavy atom. The minimum Gasteiger partial charge on any atom is -0.544 e. The molecule has 1 atom stereocenters. The summed E-state index contributed by atoms with van der Waals surface area (Å²) in [5.74, 6) is -1.99. The van der Waals surface area contributed by atoms with E-state index in [1.54, 1.807) is 15.9 Å². The number of carboxylic acid groups (broad SMARTS) is 1. The number of amides is 3. The number of benzene rings is 1. The van der Waals surface area contributed by atoms with Gasteiger partial charge in [-0.05, 0) is 37.3 Å². The van der Waals surface area contributed by atoms with Crippen LogP contribution >= 0.6 is 11.6 Å². The van der Waals surface area contributed by atoms with Crippen molar-refractivity contribution in [2.75, 3.05) is 82.6 Å². The topological polar surface area (TPSA) is 208 Å². The Morgan fingerprint density at radius 3 is 2.30 bits per heavy atom. The number of likely N-dealkylation sites (tertiary alicyclic amines) is 1. The van der Waals surface area contributed by atoms with Crippen molar-refractivity contribution in [3.63, 3.8) is 0 Å². The van der Waals surface area contributed by atoms with E-state index in [0.717, 1.165) is 30.5 Å². The van der Waals surface area contributed by atoms with Gasteiger partial charge < -0.3 is 50.4 Å². The lowest BCUT2D eigenvalue weighted by atomic mass is 9.90. The standard InChI is InChI=1S/C40H48ClF3N12O5/c1-24(45)16-47-28-4-6-33(48-19-28)55-21-30(35(51-55)40(42,43)44)32-20-49-36(52(32)2)37(59)50-27-3-5-29(31(41)15-27)39(61)54-11-9-53(10-12-54)38(60)26-7-13-56(14-8-26,23-34(57)58)22-25-17-46-18-25/h3-6,15,19-21,24-26,46-47H,7-14,16-18,22-23,45H2,1-2H3,(H-,50,57,58,59,61)/t24-,26?,56?/m0/s1. The van der Waals surface area contributed by atoms with Gasteiger partial charge in [0.05, 0.1) is 65.5 Å². The van der Waals surface area contributed by atoms with E-state index in [1.165, 1.54) is 48.3 Å². The fraction of sp³-hybridized carbons (Fsp3) is 0.475. The highest BCUT2D eigenvalue weighted by molar-refractivity contribution is 6.34. The fourth-order valence-electron chi connectivity index (χ4n) is 8.24. The third kappa shape index (κ3) is 9.82. The minimum absolute atomic E-state index is 0.0163. The number of piperazine rings is 1. The summed E-state index contributed by atoms with van der Waals surface area (Å²) < 4.78 is 45.4. The number of anilines is 2. The Morgan fingerprint density at radius 2 is 1.70 bits per heavy atom. The molecule has 0 spiro atoms. The molecular weight excluding hydrogens is 821 g/mol. The Kier molecular flexibility index (Phi) is 12.7. The van der Waals surface area contributed by atoms with Crippen molar-refractivity contribution in [1.82, 2.24) is 39.4 Å². The second-order valence-corrected chi connectivity index (χ2v) is 16.6. The molecule has 3 fully saturated rings. The molecule has 0 aliphatic carbocycles. The molecule has 17 nitrogen and oxygen atoms in total. The van der Waals surface area contributed by atoms with E-state index in [1.807, 2.05) is 6.92 Å². The maximum absolute atomic E-state index is 14.2. The number of aliphatic carboxylic acids is 1. The number of carbonyl (C=O) groups is 4. The molecule has 61 heavy (non-hydrogen) atoms. The van der Waals surface area contributed by atoms with Crippen molar-refractivity contribution >= 4 is 46.7 Å².